The molecule has 0 unspecified atom stereocenters. The van der Waals surface area contributed by atoms with Crippen LogP contribution in [-0.2, 0) is 6.42 Å². The van der Waals surface area contributed by atoms with E-state index in [2.05, 4.69) is 16.9 Å². The number of methoxy groups -OCH3 is 1. The van der Waals surface area contributed by atoms with Crippen molar-refractivity contribution in [2.45, 2.75) is 26.7 Å². The molecule has 0 amide bonds. The molecule has 0 bridgehead atoms. The number of benzene rings is 1. The Bertz CT molecular complexity index is 632. The molecule has 4 nitrogen and oxygen atoms in total. The number of hydrogen-bond donors (Lipinski definition) is 1. The van der Waals surface area contributed by atoms with Crippen molar-refractivity contribution in [3.8, 4) is 17.1 Å². The number of nitrogens with zero attached hydrogens (tertiary/aromatic N) is 1. The van der Waals surface area contributed by atoms with E-state index < -0.39 is 0 Å². The third-order valence-corrected chi connectivity index (χ3v) is 2.91. The van der Waals surface area contributed by atoms with Crippen molar-refractivity contribution in [2.75, 3.05) is 7.11 Å². The Morgan fingerprint density at radius 1 is 1.32 bits per heavy atom. The summed E-state index contributed by atoms with van der Waals surface area (Å²) in [6.07, 6.45) is 1.76. The maximum atomic E-state index is 11.7. The maximum absolute atomic E-state index is 11.7. The van der Waals surface area contributed by atoms with Gasteiger partial charge >= 0.3 is 0 Å². The van der Waals surface area contributed by atoms with E-state index in [1.165, 1.54) is 0 Å². The van der Waals surface area contributed by atoms with E-state index in [1.807, 2.05) is 25.1 Å². The first-order valence-corrected chi connectivity index (χ1v) is 6.39. The molecule has 0 aliphatic rings. The van der Waals surface area contributed by atoms with Crippen molar-refractivity contribution < 1.29 is 4.74 Å². The zero-order valence-corrected chi connectivity index (χ0v) is 11.5. The molecule has 1 aromatic carbocycles. The maximum Gasteiger partial charge on any atom is 0.251 e. The summed E-state index contributed by atoms with van der Waals surface area (Å²) in [7, 11) is 1.62. The Balaban J connectivity index is 2.55. The largest absolute Gasteiger partial charge is 0.496 e. The molecule has 0 spiro atoms. The molecule has 0 saturated heterocycles. The standard InChI is InChI=1S/C15H18N2O2/c1-4-5-11-9-14(18)17-15(16-11)12-7-6-10(2)8-13(12)19-3/h6-9H,4-5H2,1-3H3,(H,16,17,18). The fourth-order valence-electron chi connectivity index (χ4n) is 2.01. The molecule has 0 saturated carbocycles. The van der Waals surface area contributed by atoms with E-state index in [0.29, 0.717) is 5.82 Å². The third-order valence-electron chi connectivity index (χ3n) is 2.91. The number of H-pyrrole nitrogens is 1. The smallest absolute Gasteiger partial charge is 0.251 e. The average molecular weight is 258 g/mol. The van der Waals surface area contributed by atoms with Crippen LogP contribution in [0.15, 0.2) is 29.1 Å². The van der Waals surface area contributed by atoms with Crippen molar-refractivity contribution in [3.05, 3.63) is 45.9 Å². The van der Waals surface area contributed by atoms with Gasteiger partial charge < -0.3 is 9.72 Å². The van der Waals surface area contributed by atoms with Crippen molar-refractivity contribution in [1.29, 1.82) is 0 Å². The van der Waals surface area contributed by atoms with E-state index in [-0.39, 0.29) is 5.56 Å². The van der Waals surface area contributed by atoms with Crippen LogP contribution < -0.4 is 10.3 Å². The van der Waals surface area contributed by atoms with Crippen LogP contribution in [0.5, 0.6) is 5.75 Å². The van der Waals surface area contributed by atoms with Gasteiger partial charge in [-0.15, -0.1) is 0 Å². The van der Waals surface area contributed by atoms with Gasteiger partial charge in [0.25, 0.3) is 5.56 Å². The number of aryl methyl sites for hydroxylation is 2. The lowest BCUT2D eigenvalue weighted by Gasteiger charge is -2.09. The molecule has 100 valence electrons. The van der Waals surface area contributed by atoms with Gasteiger partial charge in [0, 0.05) is 11.8 Å². The first-order chi connectivity index (χ1) is 9.13. The fraction of sp³-hybridized carbons (Fsp3) is 0.333. The SMILES string of the molecule is CCCc1cc(=O)[nH]c(-c2ccc(C)cc2OC)n1. The van der Waals surface area contributed by atoms with Gasteiger partial charge in [-0.05, 0) is 31.0 Å². The Labute approximate surface area is 112 Å². The highest BCUT2D eigenvalue weighted by atomic mass is 16.5. The molecule has 0 fully saturated rings. The normalized spacial score (nSPS) is 10.5. The molecular formula is C15H18N2O2. The number of hydrogen-bond acceptors (Lipinski definition) is 3. The summed E-state index contributed by atoms with van der Waals surface area (Å²) in [6.45, 7) is 4.06. The van der Waals surface area contributed by atoms with Crippen molar-refractivity contribution in [2.24, 2.45) is 0 Å². The summed E-state index contributed by atoms with van der Waals surface area (Å²) in [5.41, 5.74) is 2.59. The number of rotatable bonds is 4. The van der Waals surface area contributed by atoms with Crippen LogP contribution in [0.4, 0.5) is 0 Å². The van der Waals surface area contributed by atoms with Gasteiger partial charge in [-0.3, -0.25) is 4.79 Å². The minimum absolute atomic E-state index is 0.129. The number of nitrogens with one attached hydrogen (secondary N) is 1. The van der Waals surface area contributed by atoms with Crippen molar-refractivity contribution in [1.82, 2.24) is 9.97 Å². The highest BCUT2D eigenvalue weighted by Crippen LogP contribution is 2.27. The zero-order chi connectivity index (χ0) is 13.8. The first-order valence-electron chi connectivity index (χ1n) is 6.39. The third kappa shape index (κ3) is 3.02. The van der Waals surface area contributed by atoms with Gasteiger partial charge in [0.2, 0.25) is 0 Å². The Morgan fingerprint density at radius 2 is 2.11 bits per heavy atom. The van der Waals surface area contributed by atoms with Crippen LogP contribution in [0, 0.1) is 6.92 Å². The molecule has 0 atom stereocenters. The Kier molecular flexibility index (Phi) is 4.00. The monoisotopic (exact) mass is 258 g/mol. The van der Waals surface area contributed by atoms with Gasteiger partial charge in [-0.2, -0.15) is 0 Å². The molecular weight excluding hydrogens is 240 g/mol. The predicted molar refractivity (Wildman–Crippen MR) is 75.6 cm³/mol. The average Bonchev–Trinajstić information content (AvgIpc) is 2.38. The number of aromatic amines is 1. The summed E-state index contributed by atoms with van der Waals surface area (Å²) in [4.78, 5) is 19.0. The van der Waals surface area contributed by atoms with Crippen LogP contribution >= 0.6 is 0 Å². The van der Waals surface area contributed by atoms with E-state index in [4.69, 9.17) is 4.74 Å². The second kappa shape index (κ2) is 5.69. The van der Waals surface area contributed by atoms with E-state index in [9.17, 15) is 4.79 Å². The molecule has 0 radical (unpaired) electrons. The minimum Gasteiger partial charge on any atom is -0.496 e. The lowest BCUT2D eigenvalue weighted by Crippen LogP contribution is -2.10. The van der Waals surface area contributed by atoms with E-state index in [0.717, 1.165) is 35.4 Å². The van der Waals surface area contributed by atoms with Crippen LogP contribution in [0.1, 0.15) is 24.6 Å². The molecule has 2 rings (SSSR count). The fourth-order valence-corrected chi connectivity index (χ4v) is 2.01. The molecule has 2 aromatic rings. The van der Waals surface area contributed by atoms with E-state index >= 15 is 0 Å². The van der Waals surface area contributed by atoms with Crippen LogP contribution in [0.25, 0.3) is 11.4 Å². The summed E-state index contributed by atoms with van der Waals surface area (Å²) in [5.74, 6) is 1.28. The van der Waals surface area contributed by atoms with Crippen LogP contribution in [0.3, 0.4) is 0 Å². The second-order valence-electron chi connectivity index (χ2n) is 4.54. The molecule has 4 heteroatoms. The Morgan fingerprint density at radius 3 is 2.79 bits per heavy atom. The summed E-state index contributed by atoms with van der Waals surface area (Å²) in [6, 6.07) is 7.38. The molecule has 1 N–H and O–H groups in total. The summed E-state index contributed by atoms with van der Waals surface area (Å²) in [5, 5.41) is 0. The van der Waals surface area contributed by atoms with Gasteiger partial charge in [0.1, 0.15) is 11.6 Å². The molecule has 1 aromatic heterocycles. The number of ether oxygens (including phenoxy) is 1. The minimum atomic E-state index is -0.129. The molecule has 0 aliphatic carbocycles. The van der Waals surface area contributed by atoms with Gasteiger partial charge in [0.15, 0.2) is 0 Å². The number of aromatic nitrogens is 2. The first kappa shape index (κ1) is 13.3. The van der Waals surface area contributed by atoms with Gasteiger partial charge in [-0.25, -0.2) is 4.98 Å². The topological polar surface area (TPSA) is 55.0 Å². The predicted octanol–water partition coefficient (Wildman–Crippen LogP) is 2.71. The van der Waals surface area contributed by atoms with Crippen LogP contribution in [0.2, 0.25) is 0 Å². The highest BCUT2D eigenvalue weighted by molar-refractivity contribution is 5.64. The highest BCUT2D eigenvalue weighted by Gasteiger charge is 2.09. The van der Waals surface area contributed by atoms with Gasteiger partial charge in [0.05, 0.1) is 12.7 Å². The van der Waals surface area contributed by atoms with Crippen molar-refractivity contribution in [3.63, 3.8) is 0 Å². The lowest BCUT2D eigenvalue weighted by molar-refractivity contribution is 0.416. The summed E-state index contributed by atoms with van der Waals surface area (Å²) < 4.78 is 5.36. The van der Waals surface area contributed by atoms with Crippen LogP contribution in [-0.4, -0.2) is 17.1 Å². The van der Waals surface area contributed by atoms with E-state index in [1.54, 1.807) is 13.2 Å². The molecule has 0 aliphatic heterocycles. The molecule has 19 heavy (non-hydrogen) atoms. The quantitative estimate of drug-likeness (QED) is 0.917. The molecule has 1 heterocycles. The van der Waals surface area contributed by atoms with Gasteiger partial charge in [-0.1, -0.05) is 19.4 Å². The summed E-state index contributed by atoms with van der Waals surface area (Å²) >= 11 is 0. The lowest BCUT2D eigenvalue weighted by atomic mass is 10.1. The van der Waals surface area contributed by atoms with Crippen molar-refractivity contribution >= 4 is 0 Å². The zero-order valence-electron chi connectivity index (χ0n) is 11.5. The second-order valence-corrected chi connectivity index (χ2v) is 4.54. The Hall–Kier alpha value is -2.10.